The first-order valence-corrected chi connectivity index (χ1v) is 7.72. The molecule has 0 radical (unpaired) electrons. The summed E-state index contributed by atoms with van der Waals surface area (Å²) in [4.78, 5) is 4.61. The van der Waals surface area contributed by atoms with Gasteiger partial charge in [0.25, 0.3) is 0 Å². The van der Waals surface area contributed by atoms with E-state index in [9.17, 15) is 9.50 Å². The van der Waals surface area contributed by atoms with Gasteiger partial charge in [0, 0.05) is 44.5 Å². The van der Waals surface area contributed by atoms with Crippen molar-refractivity contribution in [2.75, 3.05) is 37.6 Å². The third-order valence-electron chi connectivity index (χ3n) is 4.23. The number of hydrogen-bond acceptors (Lipinski definition) is 3. The van der Waals surface area contributed by atoms with E-state index in [4.69, 9.17) is 0 Å². The molecule has 0 amide bonds. The van der Waals surface area contributed by atoms with Crippen LogP contribution in [-0.2, 0) is 6.42 Å². The number of benzene rings is 2. The van der Waals surface area contributed by atoms with E-state index in [0.29, 0.717) is 0 Å². The van der Waals surface area contributed by atoms with E-state index in [1.54, 1.807) is 6.07 Å². The second kappa shape index (κ2) is 6.79. The zero-order chi connectivity index (χ0) is 15.4. The Morgan fingerprint density at radius 2 is 1.68 bits per heavy atom. The molecule has 1 aliphatic rings. The molecule has 4 heteroatoms. The molecule has 0 bridgehead atoms. The van der Waals surface area contributed by atoms with Crippen molar-refractivity contribution in [1.29, 1.82) is 0 Å². The number of phenolic OH excluding ortho intramolecular Hbond substituents is 1. The summed E-state index contributed by atoms with van der Waals surface area (Å²) in [7, 11) is 0. The normalized spacial score (nSPS) is 16.0. The molecule has 1 fully saturated rings. The number of halogens is 1. The lowest BCUT2D eigenvalue weighted by molar-refractivity contribution is 0.261. The summed E-state index contributed by atoms with van der Waals surface area (Å²) in [6.45, 7) is 4.80. The second-order valence-electron chi connectivity index (χ2n) is 5.70. The Morgan fingerprint density at radius 3 is 2.36 bits per heavy atom. The Bertz CT molecular complexity index is 610. The third-order valence-corrected chi connectivity index (χ3v) is 4.23. The molecule has 0 aromatic heterocycles. The van der Waals surface area contributed by atoms with Crippen LogP contribution in [0.2, 0.25) is 0 Å². The van der Waals surface area contributed by atoms with Crippen LogP contribution in [0, 0.1) is 5.82 Å². The van der Waals surface area contributed by atoms with E-state index in [2.05, 4.69) is 34.1 Å². The predicted molar refractivity (Wildman–Crippen MR) is 86.9 cm³/mol. The van der Waals surface area contributed by atoms with Gasteiger partial charge < -0.3 is 10.0 Å². The van der Waals surface area contributed by atoms with Crippen molar-refractivity contribution < 1.29 is 9.50 Å². The van der Waals surface area contributed by atoms with Crippen molar-refractivity contribution in [2.45, 2.75) is 6.42 Å². The van der Waals surface area contributed by atoms with E-state index < -0.39 is 5.82 Å². The van der Waals surface area contributed by atoms with Crippen molar-refractivity contribution >= 4 is 5.69 Å². The number of nitrogens with zero attached hydrogens (tertiary/aromatic N) is 2. The molecule has 3 rings (SSSR count). The summed E-state index contributed by atoms with van der Waals surface area (Å²) >= 11 is 0. The van der Waals surface area contributed by atoms with Crippen LogP contribution < -0.4 is 4.90 Å². The maximum absolute atomic E-state index is 13.4. The lowest BCUT2D eigenvalue weighted by atomic mass is 10.1. The molecule has 1 heterocycles. The van der Waals surface area contributed by atoms with Crippen LogP contribution in [0.5, 0.6) is 5.75 Å². The maximum atomic E-state index is 13.4. The lowest BCUT2D eigenvalue weighted by Gasteiger charge is -2.36. The van der Waals surface area contributed by atoms with Crippen LogP contribution in [-0.4, -0.2) is 42.7 Å². The fraction of sp³-hybridized carbons (Fsp3) is 0.333. The van der Waals surface area contributed by atoms with E-state index in [1.807, 2.05) is 6.07 Å². The van der Waals surface area contributed by atoms with Gasteiger partial charge in [-0.1, -0.05) is 30.3 Å². The molecule has 3 nitrogen and oxygen atoms in total. The summed E-state index contributed by atoms with van der Waals surface area (Å²) in [5.41, 5.74) is 2.21. The standard InChI is InChI=1S/C18H21FN2O/c19-17-14-16(6-7-18(17)22)21-12-10-20(11-13-21)9-8-15-4-2-1-3-5-15/h1-7,14,22H,8-13H2. The highest BCUT2D eigenvalue weighted by molar-refractivity contribution is 5.49. The van der Waals surface area contributed by atoms with Crippen LogP contribution in [0.15, 0.2) is 48.5 Å². The number of rotatable bonds is 4. The summed E-state index contributed by atoms with van der Waals surface area (Å²) in [5, 5.41) is 9.26. The Labute approximate surface area is 130 Å². The molecular formula is C18H21FN2O. The first kappa shape index (κ1) is 14.9. The van der Waals surface area contributed by atoms with E-state index >= 15 is 0 Å². The SMILES string of the molecule is Oc1ccc(N2CCN(CCc3ccccc3)CC2)cc1F. The van der Waals surface area contributed by atoms with E-state index in [1.165, 1.54) is 17.7 Å². The number of hydrogen-bond donors (Lipinski definition) is 1. The van der Waals surface area contributed by atoms with E-state index in [-0.39, 0.29) is 5.75 Å². The smallest absolute Gasteiger partial charge is 0.166 e. The molecule has 1 saturated heterocycles. The first-order valence-electron chi connectivity index (χ1n) is 7.72. The van der Waals surface area contributed by atoms with Crippen molar-refractivity contribution in [3.05, 3.63) is 59.9 Å². The molecule has 0 atom stereocenters. The monoisotopic (exact) mass is 300 g/mol. The van der Waals surface area contributed by atoms with Crippen LogP contribution in [0.3, 0.4) is 0 Å². The fourth-order valence-corrected chi connectivity index (χ4v) is 2.85. The van der Waals surface area contributed by atoms with Crippen molar-refractivity contribution in [1.82, 2.24) is 4.90 Å². The molecule has 116 valence electrons. The molecule has 0 spiro atoms. The highest BCUT2D eigenvalue weighted by atomic mass is 19.1. The van der Waals surface area contributed by atoms with Gasteiger partial charge >= 0.3 is 0 Å². The largest absolute Gasteiger partial charge is 0.505 e. The summed E-state index contributed by atoms with van der Waals surface area (Å²) in [5.74, 6) is -0.839. The van der Waals surface area contributed by atoms with Crippen molar-refractivity contribution in [2.24, 2.45) is 0 Å². The Balaban J connectivity index is 1.51. The zero-order valence-electron chi connectivity index (χ0n) is 12.6. The molecule has 1 N–H and O–H groups in total. The van der Waals surface area contributed by atoms with Gasteiger partial charge in [0.15, 0.2) is 11.6 Å². The van der Waals surface area contributed by atoms with Crippen molar-refractivity contribution in [3.63, 3.8) is 0 Å². The molecule has 0 saturated carbocycles. The Hall–Kier alpha value is -2.07. The number of anilines is 1. The zero-order valence-corrected chi connectivity index (χ0v) is 12.6. The quantitative estimate of drug-likeness (QED) is 0.940. The summed E-state index contributed by atoms with van der Waals surface area (Å²) < 4.78 is 13.4. The minimum atomic E-state index is -0.552. The van der Waals surface area contributed by atoms with E-state index in [0.717, 1.165) is 44.8 Å². The second-order valence-corrected chi connectivity index (χ2v) is 5.70. The first-order chi connectivity index (χ1) is 10.7. The molecule has 0 unspecified atom stereocenters. The van der Waals surface area contributed by atoms with Gasteiger partial charge in [-0.05, 0) is 24.1 Å². The molecule has 22 heavy (non-hydrogen) atoms. The summed E-state index contributed by atoms with van der Waals surface area (Å²) in [6, 6.07) is 15.1. The Morgan fingerprint density at radius 1 is 0.955 bits per heavy atom. The predicted octanol–water partition coefficient (Wildman–Crippen LogP) is 2.90. The van der Waals surface area contributed by atoms with Gasteiger partial charge in [-0.15, -0.1) is 0 Å². The van der Waals surface area contributed by atoms with Gasteiger partial charge in [-0.25, -0.2) is 4.39 Å². The average molecular weight is 300 g/mol. The number of aromatic hydroxyl groups is 1. The molecule has 2 aromatic rings. The molecular weight excluding hydrogens is 279 g/mol. The van der Waals surface area contributed by atoms with Gasteiger partial charge in [0.2, 0.25) is 0 Å². The molecule has 1 aliphatic heterocycles. The van der Waals surface area contributed by atoms with Crippen LogP contribution in [0.25, 0.3) is 0 Å². The maximum Gasteiger partial charge on any atom is 0.166 e. The molecule has 0 aliphatic carbocycles. The summed E-state index contributed by atoms with van der Waals surface area (Å²) in [6.07, 6.45) is 1.06. The van der Waals surface area contributed by atoms with Gasteiger partial charge in [-0.3, -0.25) is 4.90 Å². The highest BCUT2D eigenvalue weighted by Crippen LogP contribution is 2.23. The van der Waals surface area contributed by atoms with Gasteiger partial charge in [0.1, 0.15) is 0 Å². The molecule has 2 aromatic carbocycles. The number of phenols is 1. The average Bonchev–Trinajstić information content (AvgIpc) is 2.57. The van der Waals surface area contributed by atoms with Crippen LogP contribution in [0.4, 0.5) is 10.1 Å². The minimum absolute atomic E-state index is 0.287. The topological polar surface area (TPSA) is 26.7 Å². The Kier molecular flexibility index (Phi) is 4.59. The van der Waals surface area contributed by atoms with Gasteiger partial charge in [-0.2, -0.15) is 0 Å². The third kappa shape index (κ3) is 3.57. The van der Waals surface area contributed by atoms with Crippen molar-refractivity contribution in [3.8, 4) is 5.75 Å². The minimum Gasteiger partial charge on any atom is -0.505 e. The highest BCUT2D eigenvalue weighted by Gasteiger charge is 2.17. The number of piperazine rings is 1. The van der Waals surface area contributed by atoms with Gasteiger partial charge in [0.05, 0.1) is 0 Å². The van der Waals surface area contributed by atoms with Crippen LogP contribution in [0.1, 0.15) is 5.56 Å². The van der Waals surface area contributed by atoms with Crippen LogP contribution >= 0.6 is 0 Å². The fourth-order valence-electron chi connectivity index (χ4n) is 2.85. The lowest BCUT2D eigenvalue weighted by Crippen LogP contribution is -2.47.